The quantitative estimate of drug-likeness (QED) is 0.665. The largest absolute Gasteiger partial charge is 0.396 e. The van der Waals surface area contributed by atoms with E-state index in [1.807, 2.05) is 0 Å². The molecule has 90 valence electrons. The lowest BCUT2D eigenvalue weighted by Gasteiger charge is -2.27. The van der Waals surface area contributed by atoms with Crippen LogP contribution in [0.3, 0.4) is 0 Å². The zero-order chi connectivity index (χ0) is 11.1. The number of hydrogen-bond acceptors (Lipinski definition) is 3. The summed E-state index contributed by atoms with van der Waals surface area (Å²) < 4.78 is 0. The second-order valence-corrected chi connectivity index (χ2v) is 5.02. The van der Waals surface area contributed by atoms with Crippen molar-refractivity contribution in [2.24, 2.45) is 5.92 Å². The van der Waals surface area contributed by atoms with Crippen LogP contribution in [0.2, 0.25) is 0 Å². The highest BCUT2D eigenvalue weighted by atomic mass is 16.3. The molecule has 1 unspecified atom stereocenters. The Morgan fingerprint density at radius 3 is 2.80 bits per heavy atom. The number of nitrogens with one attached hydrogen (secondary N) is 1. The minimum absolute atomic E-state index is 0.312. The molecule has 0 radical (unpaired) electrons. The third-order valence-corrected chi connectivity index (χ3v) is 2.90. The van der Waals surface area contributed by atoms with Crippen molar-refractivity contribution in [1.29, 1.82) is 0 Å². The first-order valence-electron chi connectivity index (χ1n) is 6.29. The van der Waals surface area contributed by atoms with Crippen molar-refractivity contribution in [3.8, 4) is 0 Å². The molecule has 1 saturated heterocycles. The fourth-order valence-electron chi connectivity index (χ4n) is 2.29. The molecule has 0 amide bonds. The summed E-state index contributed by atoms with van der Waals surface area (Å²) in [6.07, 6.45) is 3.54. The Labute approximate surface area is 93.9 Å². The van der Waals surface area contributed by atoms with E-state index in [0.717, 1.165) is 26.1 Å². The smallest absolute Gasteiger partial charge is 0.0443 e. The maximum Gasteiger partial charge on any atom is 0.0443 e. The standard InChI is InChI=1S/C12H26N2O/c1-11(2)9-14(7-4-8-15)10-12-5-3-6-13-12/h11-13,15H,3-10H2,1-2H3. The van der Waals surface area contributed by atoms with Crippen LogP contribution >= 0.6 is 0 Å². The molecule has 1 rings (SSSR count). The second-order valence-electron chi connectivity index (χ2n) is 5.02. The van der Waals surface area contributed by atoms with Gasteiger partial charge in [-0.25, -0.2) is 0 Å². The van der Waals surface area contributed by atoms with E-state index in [1.54, 1.807) is 0 Å². The van der Waals surface area contributed by atoms with Gasteiger partial charge in [-0.3, -0.25) is 0 Å². The molecular formula is C12H26N2O. The molecule has 0 aromatic heterocycles. The van der Waals surface area contributed by atoms with Crippen molar-refractivity contribution in [3.05, 3.63) is 0 Å². The van der Waals surface area contributed by atoms with Crippen LogP contribution in [0.4, 0.5) is 0 Å². The summed E-state index contributed by atoms with van der Waals surface area (Å²) in [5, 5.41) is 12.4. The maximum absolute atomic E-state index is 8.87. The molecule has 1 heterocycles. The molecule has 0 spiro atoms. The monoisotopic (exact) mass is 214 g/mol. The number of aliphatic hydroxyl groups is 1. The first kappa shape index (κ1) is 12.9. The molecule has 1 aliphatic rings. The summed E-state index contributed by atoms with van der Waals surface area (Å²) in [5.41, 5.74) is 0. The lowest BCUT2D eigenvalue weighted by Crippen LogP contribution is -2.40. The number of aliphatic hydroxyl groups excluding tert-OH is 1. The first-order chi connectivity index (χ1) is 7.22. The molecule has 0 aromatic rings. The van der Waals surface area contributed by atoms with Gasteiger partial charge in [0.1, 0.15) is 0 Å². The van der Waals surface area contributed by atoms with Crippen molar-refractivity contribution in [1.82, 2.24) is 10.2 Å². The minimum atomic E-state index is 0.312. The van der Waals surface area contributed by atoms with Crippen molar-refractivity contribution >= 4 is 0 Å². The Bertz CT molecular complexity index is 156. The van der Waals surface area contributed by atoms with E-state index in [0.29, 0.717) is 18.6 Å². The van der Waals surface area contributed by atoms with E-state index in [2.05, 4.69) is 24.1 Å². The van der Waals surface area contributed by atoms with Gasteiger partial charge in [-0.15, -0.1) is 0 Å². The molecule has 1 atom stereocenters. The van der Waals surface area contributed by atoms with Crippen LogP contribution in [0.5, 0.6) is 0 Å². The molecule has 1 aliphatic heterocycles. The van der Waals surface area contributed by atoms with Gasteiger partial charge in [0.2, 0.25) is 0 Å². The van der Waals surface area contributed by atoms with Gasteiger partial charge >= 0.3 is 0 Å². The van der Waals surface area contributed by atoms with Gasteiger partial charge in [0, 0.05) is 32.3 Å². The molecular weight excluding hydrogens is 188 g/mol. The molecule has 0 saturated carbocycles. The molecule has 3 heteroatoms. The van der Waals surface area contributed by atoms with Crippen LogP contribution in [0.1, 0.15) is 33.1 Å². The van der Waals surface area contributed by atoms with E-state index in [9.17, 15) is 0 Å². The third kappa shape index (κ3) is 5.50. The number of hydrogen-bond donors (Lipinski definition) is 2. The van der Waals surface area contributed by atoms with E-state index in [1.165, 1.54) is 19.4 Å². The topological polar surface area (TPSA) is 35.5 Å². The highest BCUT2D eigenvalue weighted by Crippen LogP contribution is 2.09. The predicted molar refractivity (Wildman–Crippen MR) is 64.0 cm³/mol. The number of nitrogens with zero attached hydrogens (tertiary/aromatic N) is 1. The Kier molecular flexibility index (Phi) is 6.22. The van der Waals surface area contributed by atoms with Crippen LogP contribution in [-0.4, -0.2) is 48.8 Å². The number of rotatable bonds is 7. The second kappa shape index (κ2) is 7.20. The minimum Gasteiger partial charge on any atom is -0.396 e. The van der Waals surface area contributed by atoms with Gasteiger partial charge in [-0.1, -0.05) is 13.8 Å². The van der Waals surface area contributed by atoms with Crippen molar-refractivity contribution < 1.29 is 5.11 Å². The Balaban J connectivity index is 2.26. The van der Waals surface area contributed by atoms with Crippen LogP contribution in [0, 0.1) is 5.92 Å². The molecule has 3 nitrogen and oxygen atoms in total. The first-order valence-corrected chi connectivity index (χ1v) is 6.29. The van der Waals surface area contributed by atoms with Crippen LogP contribution < -0.4 is 5.32 Å². The SMILES string of the molecule is CC(C)CN(CCCO)CC1CCCN1. The van der Waals surface area contributed by atoms with Crippen molar-refractivity contribution in [3.63, 3.8) is 0 Å². The van der Waals surface area contributed by atoms with Gasteiger partial charge in [0.05, 0.1) is 0 Å². The maximum atomic E-state index is 8.87. The van der Waals surface area contributed by atoms with E-state index in [4.69, 9.17) is 5.11 Å². The lowest BCUT2D eigenvalue weighted by atomic mass is 10.1. The van der Waals surface area contributed by atoms with Crippen molar-refractivity contribution in [2.45, 2.75) is 39.2 Å². The average Bonchev–Trinajstić information content (AvgIpc) is 2.66. The fraction of sp³-hybridized carbons (Fsp3) is 1.00. The van der Waals surface area contributed by atoms with Gasteiger partial charge in [0.25, 0.3) is 0 Å². The van der Waals surface area contributed by atoms with Gasteiger partial charge in [-0.2, -0.15) is 0 Å². The van der Waals surface area contributed by atoms with E-state index < -0.39 is 0 Å². The Hall–Kier alpha value is -0.120. The average molecular weight is 214 g/mol. The predicted octanol–water partition coefficient (Wildman–Crippen LogP) is 1.08. The lowest BCUT2D eigenvalue weighted by molar-refractivity contribution is 0.195. The molecule has 0 bridgehead atoms. The molecule has 15 heavy (non-hydrogen) atoms. The third-order valence-electron chi connectivity index (χ3n) is 2.90. The molecule has 1 fully saturated rings. The van der Waals surface area contributed by atoms with Crippen LogP contribution in [-0.2, 0) is 0 Å². The summed E-state index contributed by atoms with van der Waals surface area (Å²) >= 11 is 0. The molecule has 0 aliphatic carbocycles. The van der Waals surface area contributed by atoms with Gasteiger partial charge < -0.3 is 15.3 Å². The highest BCUT2D eigenvalue weighted by molar-refractivity contribution is 4.78. The highest BCUT2D eigenvalue weighted by Gasteiger charge is 2.17. The van der Waals surface area contributed by atoms with Crippen molar-refractivity contribution in [2.75, 3.05) is 32.8 Å². The Morgan fingerprint density at radius 2 is 2.27 bits per heavy atom. The zero-order valence-electron chi connectivity index (χ0n) is 10.2. The fourth-order valence-corrected chi connectivity index (χ4v) is 2.29. The molecule has 0 aromatic carbocycles. The van der Waals surface area contributed by atoms with E-state index in [-0.39, 0.29) is 0 Å². The summed E-state index contributed by atoms with van der Waals surface area (Å²) in [5.74, 6) is 0.713. The van der Waals surface area contributed by atoms with Crippen LogP contribution in [0.15, 0.2) is 0 Å². The van der Waals surface area contributed by atoms with Crippen LogP contribution in [0.25, 0.3) is 0 Å². The summed E-state index contributed by atoms with van der Waals surface area (Å²) in [6, 6.07) is 0.683. The normalized spacial score (nSPS) is 21.8. The van der Waals surface area contributed by atoms with E-state index >= 15 is 0 Å². The van der Waals surface area contributed by atoms with Gasteiger partial charge in [0.15, 0.2) is 0 Å². The summed E-state index contributed by atoms with van der Waals surface area (Å²) in [7, 11) is 0. The Morgan fingerprint density at radius 1 is 1.47 bits per heavy atom. The van der Waals surface area contributed by atoms with Gasteiger partial charge in [-0.05, 0) is 31.7 Å². The summed E-state index contributed by atoms with van der Waals surface area (Å²) in [6.45, 7) is 9.35. The molecule has 2 N–H and O–H groups in total. The summed E-state index contributed by atoms with van der Waals surface area (Å²) in [4.78, 5) is 2.49. The zero-order valence-corrected chi connectivity index (χ0v) is 10.2.